The minimum atomic E-state index is -0.973. The fourth-order valence-corrected chi connectivity index (χ4v) is 6.60. The van der Waals surface area contributed by atoms with Gasteiger partial charge in [0.1, 0.15) is 5.82 Å². The summed E-state index contributed by atoms with van der Waals surface area (Å²) in [4.78, 5) is 28.6. The third-order valence-corrected chi connectivity index (χ3v) is 8.87. The minimum Gasteiger partial charge on any atom is -0.503 e. The number of methoxy groups -OCH3 is 1. The Morgan fingerprint density at radius 2 is 1.95 bits per heavy atom. The van der Waals surface area contributed by atoms with Gasteiger partial charge in [-0.1, -0.05) is 47.4 Å². The number of rotatable bonds is 10. The van der Waals surface area contributed by atoms with Crippen molar-refractivity contribution in [2.75, 3.05) is 18.6 Å². The summed E-state index contributed by atoms with van der Waals surface area (Å²) >= 11 is 3.76. The van der Waals surface area contributed by atoms with Crippen LogP contribution in [0.1, 0.15) is 33.8 Å². The lowest BCUT2D eigenvalue weighted by atomic mass is 9.95. The van der Waals surface area contributed by atoms with Gasteiger partial charge in [0.15, 0.2) is 21.6 Å². The first-order valence-electron chi connectivity index (χ1n) is 11.8. The third-order valence-electron chi connectivity index (χ3n) is 5.88. The van der Waals surface area contributed by atoms with E-state index in [1.165, 1.54) is 47.2 Å². The summed E-state index contributed by atoms with van der Waals surface area (Å²) in [6.45, 7) is 2.28. The van der Waals surface area contributed by atoms with Gasteiger partial charge in [0.2, 0.25) is 10.9 Å². The lowest BCUT2D eigenvalue weighted by molar-refractivity contribution is -0.117. The van der Waals surface area contributed by atoms with E-state index in [1.807, 2.05) is 6.92 Å². The Hall–Kier alpha value is -3.74. The van der Waals surface area contributed by atoms with Gasteiger partial charge >= 0.3 is 0 Å². The highest BCUT2D eigenvalue weighted by atomic mass is 32.2. The molecule has 1 amide bonds. The van der Waals surface area contributed by atoms with Crippen molar-refractivity contribution >= 4 is 51.3 Å². The highest BCUT2D eigenvalue weighted by Crippen LogP contribution is 2.45. The molecule has 0 fully saturated rings. The molecule has 2 aromatic heterocycles. The lowest BCUT2D eigenvalue weighted by Gasteiger charge is -2.24. The van der Waals surface area contributed by atoms with E-state index in [2.05, 4.69) is 10.2 Å². The van der Waals surface area contributed by atoms with E-state index in [4.69, 9.17) is 9.47 Å². The molecular weight excluding hydrogens is 562 g/mol. The standard InChI is InChI=1S/C27H22FN3O5S3/c1-3-36-18-11-8-16(13-19(18)35-2)22-21(23(32)20-5-4-12-37-20)24(33)25(34)31(22)26-29-30-27(39-26)38-14-15-6-9-17(28)10-7-15/h4-13,22,33H,3,14H2,1-2H3. The van der Waals surface area contributed by atoms with Gasteiger partial charge in [-0.05, 0) is 53.8 Å². The molecule has 0 saturated carbocycles. The van der Waals surface area contributed by atoms with Crippen LogP contribution in [0.2, 0.25) is 0 Å². The lowest BCUT2D eigenvalue weighted by Crippen LogP contribution is -2.31. The number of anilines is 1. The fourth-order valence-electron chi connectivity index (χ4n) is 4.10. The molecule has 3 heterocycles. The van der Waals surface area contributed by atoms with Crippen LogP contribution in [0.4, 0.5) is 9.52 Å². The van der Waals surface area contributed by atoms with Crippen LogP contribution in [0.5, 0.6) is 11.5 Å². The Morgan fingerprint density at radius 3 is 2.64 bits per heavy atom. The fraction of sp³-hybridized carbons (Fsp3) is 0.185. The van der Waals surface area contributed by atoms with Crippen LogP contribution in [0.15, 0.2) is 75.6 Å². The molecule has 1 unspecified atom stereocenters. The van der Waals surface area contributed by atoms with E-state index in [0.717, 1.165) is 16.9 Å². The number of aromatic nitrogens is 2. The molecule has 0 spiro atoms. The maximum Gasteiger partial charge on any atom is 0.296 e. The van der Waals surface area contributed by atoms with Crippen LogP contribution in [0.25, 0.3) is 0 Å². The van der Waals surface area contributed by atoms with Crippen molar-refractivity contribution in [3.63, 3.8) is 0 Å². The number of Topliss-reactive ketones (excluding diaryl/α,β-unsaturated/α-hetero) is 1. The zero-order chi connectivity index (χ0) is 27.5. The monoisotopic (exact) mass is 583 g/mol. The average Bonchev–Trinajstić information content (AvgIpc) is 3.69. The average molecular weight is 584 g/mol. The number of hydrogen-bond acceptors (Lipinski definition) is 10. The van der Waals surface area contributed by atoms with Crippen LogP contribution >= 0.6 is 34.4 Å². The Labute approximate surface area is 235 Å². The zero-order valence-electron chi connectivity index (χ0n) is 20.8. The highest BCUT2D eigenvalue weighted by Gasteiger charge is 2.46. The molecular formula is C27H22FN3O5S3. The molecule has 12 heteroatoms. The summed E-state index contributed by atoms with van der Waals surface area (Å²) in [5, 5.41) is 21.4. The predicted octanol–water partition coefficient (Wildman–Crippen LogP) is 6.22. The van der Waals surface area contributed by atoms with E-state index < -0.39 is 23.5 Å². The van der Waals surface area contributed by atoms with Gasteiger partial charge in [-0.25, -0.2) is 4.39 Å². The van der Waals surface area contributed by atoms with Crippen molar-refractivity contribution in [1.29, 1.82) is 0 Å². The van der Waals surface area contributed by atoms with Crippen LogP contribution in [-0.4, -0.2) is 40.7 Å². The first kappa shape index (κ1) is 26.9. The molecule has 2 aromatic carbocycles. The number of thiophene rings is 1. The number of ketones is 1. The van der Waals surface area contributed by atoms with Crippen LogP contribution < -0.4 is 14.4 Å². The first-order chi connectivity index (χ1) is 18.9. The number of benzene rings is 2. The molecule has 1 aliphatic heterocycles. The summed E-state index contributed by atoms with van der Waals surface area (Å²) in [6.07, 6.45) is 0. The summed E-state index contributed by atoms with van der Waals surface area (Å²) in [7, 11) is 1.50. The number of ether oxygens (including phenoxy) is 2. The van der Waals surface area contributed by atoms with Crippen molar-refractivity contribution in [2.24, 2.45) is 0 Å². The number of thioether (sulfide) groups is 1. The van der Waals surface area contributed by atoms with Crippen LogP contribution in [0, 0.1) is 5.82 Å². The maximum atomic E-state index is 13.5. The molecule has 4 aromatic rings. The molecule has 5 rings (SSSR count). The first-order valence-corrected chi connectivity index (χ1v) is 14.5. The largest absolute Gasteiger partial charge is 0.503 e. The second kappa shape index (κ2) is 11.6. The van der Waals surface area contributed by atoms with Gasteiger partial charge in [0.05, 0.1) is 30.2 Å². The summed E-state index contributed by atoms with van der Waals surface area (Å²) in [5.74, 6) is -0.703. The molecule has 39 heavy (non-hydrogen) atoms. The molecule has 0 saturated heterocycles. The number of carbonyl (C=O) groups excluding carboxylic acids is 2. The van der Waals surface area contributed by atoms with Gasteiger partial charge in [-0.3, -0.25) is 14.5 Å². The van der Waals surface area contributed by atoms with Gasteiger partial charge < -0.3 is 14.6 Å². The number of aliphatic hydroxyl groups excluding tert-OH is 1. The smallest absolute Gasteiger partial charge is 0.296 e. The quantitative estimate of drug-likeness (QED) is 0.133. The van der Waals surface area contributed by atoms with Gasteiger partial charge in [0, 0.05) is 5.75 Å². The van der Waals surface area contributed by atoms with Crippen molar-refractivity contribution in [3.8, 4) is 11.5 Å². The number of aliphatic hydroxyl groups is 1. The second-order valence-electron chi connectivity index (χ2n) is 8.26. The summed E-state index contributed by atoms with van der Waals surface area (Å²) < 4.78 is 24.9. The Balaban J connectivity index is 1.52. The number of carbonyl (C=O) groups is 2. The number of hydrogen-bond donors (Lipinski definition) is 1. The van der Waals surface area contributed by atoms with Gasteiger partial charge in [-0.2, -0.15) is 0 Å². The van der Waals surface area contributed by atoms with E-state index in [-0.39, 0.29) is 16.5 Å². The molecule has 1 N–H and O–H groups in total. The molecule has 0 aliphatic carbocycles. The Bertz CT molecular complexity index is 1540. The van der Waals surface area contributed by atoms with Gasteiger partial charge in [-0.15, -0.1) is 21.5 Å². The van der Waals surface area contributed by atoms with E-state index in [0.29, 0.717) is 38.6 Å². The van der Waals surface area contributed by atoms with Crippen molar-refractivity contribution in [1.82, 2.24) is 10.2 Å². The van der Waals surface area contributed by atoms with E-state index >= 15 is 0 Å². The molecule has 0 radical (unpaired) electrons. The van der Waals surface area contributed by atoms with Crippen LogP contribution in [-0.2, 0) is 10.5 Å². The number of halogens is 1. The summed E-state index contributed by atoms with van der Waals surface area (Å²) in [6, 6.07) is 13.7. The topological polar surface area (TPSA) is 102 Å². The second-order valence-corrected chi connectivity index (χ2v) is 11.4. The van der Waals surface area contributed by atoms with E-state index in [9.17, 15) is 19.1 Å². The van der Waals surface area contributed by atoms with E-state index in [1.54, 1.807) is 47.8 Å². The third kappa shape index (κ3) is 5.40. The van der Waals surface area contributed by atoms with Crippen LogP contribution in [0.3, 0.4) is 0 Å². The number of nitrogens with zero attached hydrogens (tertiary/aromatic N) is 3. The maximum absolute atomic E-state index is 13.5. The van der Waals surface area contributed by atoms with Crippen molar-refractivity contribution in [3.05, 3.63) is 93.1 Å². The highest BCUT2D eigenvalue weighted by molar-refractivity contribution is 8.00. The van der Waals surface area contributed by atoms with Gasteiger partial charge in [0.25, 0.3) is 5.91 Å². The molecule has 1 aliphatic rings. The number of amides is 1. The zero-order valence-corrected chi connectivity index (χ0v) is 23.2. The van der Waals surface area contributed by atoms with Crippen molar-refractivity contribution < 1.29 is 28.6 Å². The SMILES string of the molecule is CCOc1ccc(C2C(C(=O)c3cccs3)=C(O)C(=O)N2c2nnc(SCc3ccc(F)cc3)s2)cc1OC. The Kier molecular flexibility index (Phi) is 7.96. The van der Waals surface area contributed by atoms with Crippen molar-refractivity contribution in [2.45, 2.75) is 23.1 Å². The molecule has 0 bridgehead atoms. The molecule has 200 valence electrons. The molecule has 8 nitrogen and oxygen atoms in total. The normalized spacial score (nSPS) is 15.2. The minimum absolute atomic E-state index is 0.0515. The predicted molar refractivity (Wildman–Crippen MR) is 149 cm³/mol. The Morgan fingerprint density at radius 1 is 1.15 bits per heavy atom. The molecule has 1 atom stereocenters. The summed E-state index contributed by atoms with van der Waals surface area (Å²) in [5.41, 5.74) is 1.38.